The third-order valence-corrected chi connectivity index (χ3v) is 6.67. The minimum atomic E-state index is 0.0903. The topological polar surface area (TPSA) is 60.1 Å². The molecule has 0 radical (unpaired) electrons. The summed E-state index contributed by atoms with van der Waals surface area (Å²) < 4.78 is 0. The first-order valence-corrected chi connectivity index (χ1v) is 11.8. The van der Waals surface area contributed by atoms with Gasteiger partial charge in [0.1, 0.15) is 17.8 Å². The highest BCUT2D eigenvalue weighted by Gasteiger charge is 2.15. The van der Waals surface area contributed by atoms with Gasteiger partial charge in [-0.25, -0.2) is 9.97 Å². The molecule has 1 aliphatic rings. The molecule has 2 N–H and O–H groups in total. The maximum absolute atomic E-state index is 6.03. The summed E-state index contributed by atoms with van der Waals surface area (Å²) in [5.74, 6) is 0.816. The first kappa shape index (κ1) is 21.9. The molecule has 0 spiro atoms. The summed E-state index contributed by atoms with van der Waals surface area (Å²) in [7, 11) is 2.19. The lowest BCUT2D eigenvalue weighted by molar-refractivity contribution is 0.148. The number of H-pyrrole nitrogens is 1. The minimum Gasteiger partial charge on any atom is -0.363 e. The van der Waals surface area contributed by atoms with E-state index in [9.17, 15) is 0 Å². The summed E-state index contributed by atoms with van der Waals surface area (Å²) in [6.07, 6.45) is 1.60. The van der Waals surface area contributed by atoms with Crippen LogP contribution < -0.4 is 5.32 Å². The number of aromatic amines is 1. The van der Waals surface area contributed by atoms with Crippen molar-refractivity contribution in [1.82, 2.24) is 24.8 Å². The smallest absolute Gasteiger partial charge is 0.143 e. The van der Waals surface area contributed by atoms with Gasteiger partial charge in [0.05, 0.1) is 5.39 Å². The van der Waals surface area contributed by atoms with Crippen molar-refractivity contribution in [3.05, 3.63) is 77.1 Å². The number of nitrogens with one attached hydrogen (secondary N) is 2. The fourth-order valence-corrected chi connectivity index (χ4v) is 4.43. The predicted octanol–water partition coefficient (Wildman–Crippen LogP) is 5.20. The van der Waals surface area contributed by atoms with Crippen LogP contribution in [0.4, 0.5) is 5.82 Å². The van der Waals surface area contributed by atoms with Gasteiger partial charge in [-0.05, 0) is 48.9 Å². The van der Waals surface area contributed by atoms with Crippen LogP contribution >= 0.6 is 11.6 Å². The van der Waals surface area contributed by atoms with Gasteiger partial charge in [0.15, 0.2) is 0 Å². The van der Waals surface area contributed by atoms with Gasteiger partial charge >= 0.3 is 0 Å². The highest BCUT2D eigenvalue weighted by molar-refractivity contribution is 6.30. The zero-order valence-corrected chi connectivity index (χ0v) is 19.8. The molecule has 1 atom stereocenters. The van der Waals surface area contributed by atoms with Crippen LogP contribution in [-0.2, 0) is 6.54 Å². The number of hydrogen-bond donors (Lipinski definition) is 2. The molecular formula is C26H29ClN6. The third kappa shape index (κ3) is 5.03. The number of piperazine rings is 1. The molecule has 0 bridgehead atoms. The number of aromatic nitrogens is 3. The van der Waals surface area contributed by atoms with E-state index in [4.69, 9.17) is 11.6 Å². The van der Waals surface area contributed by atoms with E-state index >= 15 is 0 Å². The summed E-state index contributed by atoms with van der Waals surface area (Å²) in [5.41, 5.74) is 5.51. The van der Waals surface area contributed by atoms with Crippen LogP contribution in [-0.4, -0.2) is 58.0 Å². The van der Waals surface area contributed by atoms with Gasteiger partial charge in [0.25, 0.3) is 0 Å². The molecule has 7 heteroatoms. The van der Waals surface area contributed by atoms with Crippen LogP contribution in [0.3, 0.4) is 0 Å². The van der Waals surface area contributed by atoms with Crippen LogP contribution in [0.2, 0.25) is 5.02 Å². The Labute approximate surface area is 199 Å². The maximum Gasteiger partial charge on any atom is 0.143 e. The van der Waals surface area contributed by atoms with Crippen molar-refractivity contribution in [3.63, 3.8) is 0 Å². The van der Waals surface area contributed by atoms with Gasteiger partial charge in [-0.3, -0.25) is 4.90 Å². The Morgan fingerprint density at radius 3 is 2.45 bits per heavy atom. The van der Waals surface area contributed by atoms with E-state index in [0.29, 0.717) is 0 Å². The average Bonchev–Trinajstić information content (AvgIpc) is 3.27. The Hall–Kier alpha value is -2.93. The van der Waals surface area contributed by atoms with Crippen LogP contribution in [0, 0.1) is 0 Å². The highest BCUT2D eigenvalue weighted by Crippen LogP contribution is 2.29. The third-order valence-electron chi connectivity index (χ3n) is 6.42. The Morgan fingerprint density at radius 2 is 1.73 bits per heavy atom. The molecular weight excluding hydrogens is 432 g/mol. The second-order valence-corrected chi connectivity index (χ2v) is 9.30. The van der Waals surface area contributed by atoms with Crippen LogP contribution in [0.15, 0.2) is 60.9 Å². The van der Waals surface area contributed by atoms with Crippen LogP contribution in [0.5, 0.6) is 0 Å². The number of nitrogens with zero attached hydrogens (tertiary/aromatic N) is 4. The second kappa shape index (κ2) is 9.51. The molecule has 1 aliphatic heterocycles. The minimum absolute atomic E-state index is 0.0903. The predicted molar refractivity (Wildman–Crippen MR) is 136 cm³/mol. The Morgan fingerprint density at radius 1 is 1.00 bits per heavy atom. The summed E-state index contributed by atoms with van der Waals surface area (Å²) in [6, 6.07) is 18.9. The molecule has 2 aromatic carbocycles. The summed E-state index contributed by atoms with van der Waals surface area (Å²) >= 11 is 6.03. The standard InChI is InChI=1S/C26H29ClN6/c1-18(20-7-9-22(27)10-8-20)30-25-23-15-24(31-26(23)29-17-28-25)21-5-3-19(4-6-21)16-33-13-11-32(2)12-14-33/h3-10,15,17-18H,11-14,16H2,1-2H3,(H2,28,29,30,31)/t18-/m1/s1. The molecule has 33 heavy (non-hydrogen) atoms. The number of likely N-dealkylation sites (N-methyl/N-ethyl adjacent to an activating group) is 1. The zero-order chi connectivity index (χ0) is 22.8. The summed E-state index contributed by atoms with van der Waals surface area (Å²) in [6.45, 7) is 7.65. The summed E-state index contributed by atoms with van der Waals surface area (Å²) in [5, 5.41) is 5.24. The number of hydrogen-bond acceptors (Lipinski definition) is 5. The fourth-order valence-electron chi connectivity index (χ4n) is 4.30. The van der Waals surface area contributed by atoms with Gasteiger partial charge in [0.2, 0.25) is 0 Å². The van der Waals surface area contributed by atoms with Gasteiger partial charge in [-0.15, -0.1) is 0 Å². The van der Waals surface area contributed by atoms with Crippen molar-refractivity contribution in [2.45, 2.75) is 19.5 Å². The quantitative estimate of drug-likeness (QED) is 0.414. The molecule has 1 saturated heterocycles. The number of rotatable bonds is 6. The van der Waals surface area contributed by atoms with Gasteiger partial charge in [-0.1, -0.05) is 48.0 Å². The van der Waals surface area contributed by atoms with E-state index in [1.165, 1.54) is 5.56 Å². The lowest BCUT2D eigenvalue weighted by atomic mass is 10.1. The molecule has 0 unspecified atom stereocenters. The monoisotopic (exact) mass is 460 g/mol. The van der Waals surface area contributed by atoms with E-state index in [2.05, 4.69) is 74.4 Å². The molecule has 3 heterocycles. The molecule has 2 aromatic heterocycles. The van der Waals surface area contributed by atoms with Crippen molar-refractivity contribution in [2.75, 3.05) is 38.5 Å². The Balaban J connectivity index is 1.32. The van der Waals surface area contributed by atoms with Crippen molar-refractivity contribution in [3.8, 4) is 11.3 Å². The largest absolute Gasteiger partial charge is 0.363 e. The number of fused-ring (bicyclic) bond motifs is 1. The lowest BCUT2D eigenvalue weighted by Crippen LogP contribution is -2.43. The van der Waals surface area contributed by atoms with E-state index in [0.717, 1.165) is 71.4 Å². The maximum atomic E-state index is 6.03. The molecule has 5 rings (SSSR count). The van der Waals surface area contributed by atoms with E-state index in [1.807, 2.05) is 24.3 Å². The van der Waals surface area contributed by atoms with E-state index in [-0.39, 0.29) is 6.04 Å². The molecule has 6 nitrogen and oxygen atoms in total. The van der Waals surface area contributed by atoms with Crippen molar-refractivity contribution >= 4 is 28.5 Å². The normalized spacial score (nSPS) is 16.2. The number of anilines is 1. The highest BCUT2D eigenvalue weighted by atomic mass is 35.5. The lowest BCUT2D eigenvalue weighted by Gasteiger charge is -2.32. The Bertz CT molecular complexity index is 1210. The average molecular weight is 461 g/mol. The van der Waals surface area contributed by atoms with E-state index in [1.54, 1.807) is 6.33 Å². The van der Waals surface area contributed by atoms with Gasteiger partial charge in [0, 0.05) is 49.5 Å². The fraction of sp³-hybridized carbons (Fsp3) is 0.308. The molecule has 4 aromatic rings. The molecule has 170 valence electrons. The zero-order valence-electron chi connectivity index (χ0n) is 19.1. The number of benzene rings is 2. The first-order valence-electron chi connectivity index (χ1n) is 11.4. The summed E-state index contributed by atoms with van der Waals surface area (Å²) in [4.78, 5) is 17.3. The van der Waals surface area contributed by atoms with Crippen LogP contribution in [0.25, 0.3) is 22.3 Å². The van der Waals surface area contributed by atoms with Crippen molar-refractivity contribution < 1.29 is 0 Å². The van der Waals surface area contributed by atoms with Gasteiger partial charge < -0.3 is 15.2 Å². The number of halogens is 1. The van der Waals surface area contributed by atoms with E-state index < -0.39 is 0 Å². The molecule has 0 saturated carbocycles. The first-order chi connectivity index (χ1) is 16.0. The van der Waals surface area contributed by atoms with Crippen molar-refractivity contribution in [2.24, 2.45) is 0 Å². The van der Waals surface area contributed by atoms with Crippen molar-refractivity contribution in [1.29, 1.82) is 0 Å². The SMILES string of the molecule is C[C@@H](Nc1ncnc2[nH]c(-c3ccc(CN4CCN(C)CC4)cc3)cc12)c1ccc(Cl)cc1. The molecule has 0 aliphatic carbocycles. The molecule has 1 fully saturated rings. The Kier molecular flexibility index (Phi) is 6.31. The second-order valence-electron chi connectivity index (χ2n) is 8.86. The van der Waals surface area contributed by atoms with Crippen LogP contribution in [0.1, 0.15) is 24.1 Å². The van der Waals surface area contributed by atoms with Gasteiger partial charge in [-0.2, -0.15) is 0 Å². The molecule has 0 amide bonds.